The Kier molecular flexibility index (Phi) is 15.4. The first kappa shape index (κ1) is 29.1. The van der Waals surface area contributed by atoms with Crippen molar-refractivity contribution in [2.75, 3.05) is 26.2 Å². The van der Waals surface area contributed by atoms with E-state index in [4.69, 9.17) is 4.74 Å². The van der Waals surface area contributed by atoms with Crippen molar-refractivity contribution in [3.05, 3.63) is 59.4 Å². The predicted molar refractivity (Wildman–Crippen MR) is 123 cm³/mol. The Balaban J connectivity index is 0. The molecule has 0 saturated carbocycles. The largest absolute Gasteiger partial charge is 0.487 e. The van der Waals surface area contributed by atoms with E-state index in [0.29, 0.717) is 6.61 Å². The van der Waals surface area contributed by atoms with Gasteiger partial charge in [0.1, 0.15) is 12.4 Å². The molecular weight excluding hydrogens is 421 g/mol. The number of rotatable bonds is 7. The third kappa shape index (κ3) is 7.07. The third-order valence-electron chi connectivity index (χ3n) is 4.72. The highest BCUT2D eigenvalue weighted by Gasteiger charge is 2.24. The Morgan fingerprint density at radius 2 is 1.71 bits per heavy atom. The molecular formula is C20H32Cl3N3O2. The fourth-order valence-corrected chi connectivity index (χ4v) is 3.31. The average molecular weight is 453 g/mol. The van der Waals surface area contributed by atoms with E-state index in [-0.39, 0.29) is 48.7 Å². The molecule has 160 valence electrons. The molecule has 1 aromatic heterocycles. The van der Waals surface area contributed by atoms with Crippen LogP contribution in [0.2, 0.25) is 0 Å². The SMILES string of the molecule is CCN(CC)CCCNC1c2ccccc2OCc2ncccc21.Cl.Cl.Cl.O. The van der Waals surface area contributed by atoms with Crippen LogP contribution >= 0.6 is 37.2 Å². The van der Waals surface area contributed by atoms with Gasteiger partial charge < -0.3 is 20.4 Å². The Labute approximate surface area is 186 Å². The molecule has 0 spiro atoms. The molecule has 2 aromatic rings. The number of hydrogen-bond acceptors (Lipinski definition) is 4. The molecule has 1 aliphatic rings. The summed E-state index contributed by atoms with van der Waals surface area (Å²) in [6.45, 7) is 9.31. The topological polar surface area (TPSA) is 68.9 Å². The number of nitrogens with one attached hydrogen (secondary N) is 1. The second-order valence-corrected chi connectivity index (χ2v) is 6.13. The van der Waals surface area contributed by atoms with E-state index in [0.717, 1.165) is 44.0 Å². The second kappa shape index (κ2) is 14.9. The van der Waals surface area contributed by atoms with E-state index in [1.165, 1.54) is 11.1 Å². The zero-order valence-electron chi connectivity index (χ0n) is 16.4. The maximum Gasteiger partial charge on any atom is 0.131 e. The summed E-state index contributed by atoms with van der Waals surface area (Å²) < 4.78 is 5.97. The van der Waals surface area contributed by atoms with Crippen molar-refractivity contribution in [2.45, 2.75) is 32.9 Å². The number of hydrogen-bond donors (Lipinski definition) is 1. The van der Waals surface area contributed by atoms with Crippen LogP contribution in [0.5, 0.6) is 5.75 Å². The van der Waals surface area contributed by atoms with E-state index in [1.807, 2.05) is 24.4 Å². The number of benzene rings is 1. The number of fused-ring (bicyclic) bond motifs is 2. The average Bonchev–Trinajstić information content (AvgIpc) is 2.79. The summed E-state index contributed by atoms with van der Waals surface area (Å²) in [5.41, 5.74) is 3.45. The van der Waals surface area contributed by atoms with Gasteiger partial charge in [-0.1, -0.05) is 38.1 Å². The Bertz CT molecular complexity index is 625. The fourth-order valence-electron chi connectivity index (χ4n) is 3.31. The van der Waals surface area contributed by atoms with Crippen molar-refractivity contribution < 1.29 is 10.2 Å². The van der Waals surface area contributed by atoms with E-state index in [2.05, 4.69) is 47.2 Å². The molecule has 8 heteroatoms. The van der Waals surface area contributed by atoms with Crippen LogP contribution in [0.1, 0.15) is 43.1 Å². The number of halogens is 3. The van der Waals surface area contributed by atoms with Crippen LogP contribution in [-0.4, -0.2) is 41.5 Å². The van der Waals surface area contributed by atoms with Crippen molar-refractivity contribution in [1.82, 2.24) is 15.2 Å². The summed E-state index contributed by atoms with van der Waals surface area (Å²) in [5.74, 6) is 0.955. The van der Waals surface area contributed by atoms with Crippen LogP contribution in [0.25, 0.3) is 0 Å². The molecule has 1 aliphatic heterocycles. The molecule has 28 heavy (non-hydrogen) atoms. The molecule has 1 unspecified atom stereocenters. The van der Waals surface area contributed by atoms with E-state index in [1.54, 1.807) is 0 Å². The van der Waals surface area contributed by atoms with Crippen LogP contribution < -0.4 is 10.1 Å². The lowest BCUT2D eigenvalue weighted by Gasteiger charge is -2.22. The summed E-state index contributed by atoms with van der Waals surface area (Å²) in [5, 5.41) is 3.73. The summed E-state index contributed by atoms with van der Waals surface area (Å²) in [6.07, 6.45) is 2.98. The zero-order valence-corrected chi connectivity index (χ0v) is 18.8. The first-order valence-electron chi connectivity index (χ1n) is 8.94. The van der Waals surface area contributed by atoms with E-state index in [9.17, 15) is 0 Å². The van der Waals surface area contributed by atoms with E-state index < -0.39 is 0 Å². The van der Waals surface area contributed by atoms with Crippen molar-refractivity contribution >= 4 is 37.2 Å². The lowest BCUT2D eigenvalue weighted by Crippen LogP contribution is -2.29. The Hall–Kier alpha value is -1.08. The lowest BCUT2D eigenvalue weighted by atomic mass is 9.97. The van der Waals surface area contributed by atoms with Gasteiger partial charge >= 0.3 is 0 Å². The van der Waals surface area contributed by atoms with Crippen LogP contribution in [-0.2, 0) is 6.61 Å². The highest BCUT2D eigenvalue weighted by atomic mass is 35.5. The quantitative estimate of drug-likeness (QED) is 0.648. The van der Waals surface area contributed by atoms with Crippen LogP contribution in [0.3, 0.4) is 0 Å². The number of para-hydroxylation sites is 1. The summed E-state index contributed by atoms with van der Waals surface area (Å²) in [7, 11) is 0. The molecule has 0 aliphatic carbocycles. The van der Waals surface area contributed by atoms with Gasteiger partial charge in [-0.15, -0.1) is 37.2 Å². The van der Waals surface area contributed by atoms with Gasteiger partial charge in [0.25, 0.3) is 0 Å². The Morgan fingerprint density at radius 3 is 2.43 bits per heavy atom. The smallest absolute Gasteiger partial charge is 0.131 e. The van der Waals surface area contributed by atoms with Crippen LogP contribution in [0.4, 0.5) is 0 Å². The summed E-state index contributed by atoms with van der Waals surface area (Å²) in [4.78, 5) is 6.98. The number of nitrogens with zero attached hydrogens (tertiary/aromatic N) is 2. The summed E-state index contributed by atoms with van der Waals surface area (Å²) in [6, 6.07) is 12.6. The highest BCUT2D eigenvalue weighted by molar-refractivity contribution is 5.86. The number of pyridine rings is 1. The maximum atomic E-state index is 5.97. The van der Waals surface area contributed by atoms with Crippen molar-refractivity contribution in [2.24, 2.45) is 0 Å². The maximum absolute atomic E-state index is 5.97. The van der Waals surface area contributed by atoms with Gasteiger partial charge in [0, 0.05) is 11.8 Å². The molecule has 2 heterocycles. The molecule has 3 N–H and O–H groups in total. The minimum atomic E-state index is 0. The standard InChI is InChI=1S/C20H27N3O.3ClH.H2O/c1-3-23(4-2)14-8-13-22-20-16-10-7-12-21-18(16)15-24-19-11-6-5-9-17(19)20;;;;/h5-7,9-12,20,22H,3-4,8,13-15H2,1-2H3;3*1H;1H2. The molecule has 0 fully saturated rings. The molecule has 1 aromatic carbocycles. The minimum Gasteiger partial charge on any atom is -0.487 e. The van der Waals surface area contributed by atoms with Crippen molar-refractivity contribution in [1.29, 1.82) is 0 Å². The van der Waals surface area contributed by atoms with Crippen molar-refractivity contribution in [3.63, 3.8) is 0 Å². The minimum absolute atomic E-state index is 0. The molecule has 0 saturated heterocycles. The van der Waals surface area contributed by atoms with E-state index >= 15 is 0 Å². The van der Waals surface area contributed by atoms with Gasteiger partial charge in [-0.2, -0.15) is 0 Å². The lowest BCUT2D eigenvalue weighted by molar-refractivity contribution is 0.296. The molecule has 0 bridgehead atoms. The van der Waals surface area contributed by atoms with Gasteiger partial charge in [-0.3, -0.25) is 4.98 Å². The van der Waals surface area contributed by atoms with Gasteiger partial charge in [-0.25, -0.2) is 0 Å². The van der Waals surface area contributed by atoms with Crippen LogP contribution in [0, 0.1) is 0 Å². The Morgan fingerprint density at radius 1 is 1.04 bits per heavy atom. The van der Waals surface area contributed by atoms with Gasteiger partial charge in [-0.05, 0) is 50.3 Å². The first-order valence-corrected chi connectivity index (χ1v) is 8.94. The normalized spacial score (nSPS) is 13.9. The highest BCUT2D eigenvalue weighted by Crippen LogP contribution is 2.34. The molecule has 5 nitrogen and oxygen atoms in total. The number of aromatic nitrogens is 1. The molecule has 0 radical (unpaired) electrons. The molecule has 3 rings (SSSR count). The van der Waals surface area contributed by atoms with Crippen LogP contribution in [0.15, 0.2) is 42.6 Å². The summed E-state index contributed by atoms with van der Waals surface area (Å²) >= 11 is 0. The molecule has 0 amide bonds. The predicted octanol–water partition coefficient (Wildman–Crippen LogP) is 3.83. The first-order chi connectivity index (χ1) is 11.8. The number of ether oxygens (including phenoxy) is 1. The van der Waals surface area contributed by atoms with Gasteiger partial charge in [0.15, 0.2) is 0 Å². The van der Waals surface area contributed by atoms with Gasteiger partial charge in [0.2, 0.25) is 0 Å². The zero-order chi connectivity index (χ0) is 16.8. The third-order valence-corrected chi connectivity index (χ3v) is 4.72. The monoisotopic (exact) mass is 451 g/mol. The van der Waals surface area contributed by atoms with Crippen molar-refractivity contribution in [3.8, 4) is 5.75 Å². The fraction of sp³-hybridized carbons (Fsp3) is 0.450. The van der Waals surface area contributed by atoms with Gasteiger partial charge in [0.05, 0.1) is 11.7 Å². The second-order valence-electron chi connectivity index (χ2n) is 6.13. The molecule has 1 atom stereocenters.